The van der Waals surface area contributed by atoms with Crippen molar-refractivity contribution < 1.29 is 45.7 Å². The first kappa shape index (κ1) is 31.2. The zero-order valence-corrected chi connectivity index (χ0v) is 23.0. The average molecular weight is 603 g/mol. The van der Waals surface area contributed by atoms with Gasteiger partial charge in [-0.25, -0.2) is 18.0 Å². The summed E-state index contributed by atoms with van der Waals surface area (Å²) in [5.74, 6) is -14.1. The number of nitrogens with zero attached hydrogens (tertiary/aromatic N) is 1. The van der Waals surface area contributed by atoms with Crippen LogP contribution in [0.4, 0.5) is 22.0 Å². The molecule has 43 heavy (non-hydrogen) atoms. The van der Waals surface area contributed by atoms with Crippen LogP contribution >= 0.6 is 0 Å². The molecule has 7 nitrogen and oxygen atoms in total. The van der Waals surface area contributed by atoms with Gasteiger partial charge in [-0.1, -0.05) is 50.8 Å². The van der Waals surface area contributed by atoms with Gasteiger partial charge in [0.05, 0.1) is 12.5 Å². The Bertz CT molecular complexity index is 1540. The van der Waals surface area contributed by atoms with Crippen molar-refractivity contribution in [2.75, 3.05) is 13.2 Å². The molecule has 1 aliphatic rings. The van der Waals surface area contributed by atoms with Gasteiger partial charge in [0.15, 0.2) is 12.4 Å². The maximum absolute atomic E-state index is 13.8. The molecule has 1 heterocycles. The van der Waals surface area contributed by atoms with Gasteiger partial charge in [0, 0.05) is 11.6 Å². The van der Waals surface area contributed by atoms with Crippen LogP contribution in [0.1, 0.15) is 56.1 Å². The number of unbranched alkanes of at least 4 members (excludes halogenated alkanes) is 4. The standard InChI is InChI=1S/C31H27F5N2O5/c1-2-3-4-5-6-13-40-18-9-7-17(8-10-18)24-20-12-11-19(14-22(20)43-31(38)21(24)15-37)42-23(39)16-41-30-28(35)26(33)25(32)27(34)29(30)36/h7-12,14,24H,2-6,13,16,38H2,1H3. The van der Waals surface area contributed by atoms with Crippen LogP contribution in [0, 0.1) is 40.4 Å². The van der Waals surface area contributed by atoms with Gasteiger partial charge in [-0.3, -0.25) is 0 Å². The number of fused-ring (bicyclic) bond motifs is 1. The maximum Gasteiger partial charge on any atom is 0.349 e. The Morgan fingerprint density at radius 3 is 2.16 bits per heavy atom. The Balaban J connectivity index is 1.46. The van der Waals surface area contributed by atoms with E-state index in [9.17, 15) is 32.0 Å². The quantitative estimate of drug-likeness (QED) is 0.0599. The second kappa shape index (κ2) is 13.9. The number of hydrogen-bond donors (Lipinski definition) is 1. The van der Waals surface area contributed by atoms with E-state index >= 15 is 0 Å². The van der Waals surface area contributed by atoms with Gasteiger partial charge in [0.2, 0.25) is 35.0 Å². The average Bonchev–Trinajstić information content (AvgIpc) is 3.00. The molecule has 12 heteroatoms. The van der Waals surface area contributed by atoms with Crippen molar-refractivity contribution in [1.29, 1.82) is 5.26 Å². The second-order valence-corrected chi connectivity index (χ2v) is 9.62. The number of carbonyl (C=O) groups excluding carboxylic acids is 1. The fraction of sp³-hybridized carbons (Fsp3) is 0.290. The predicted octanol–water partition coefficient (Wildman–Crippen LogP) is 6.93. The van der Waals surface area contributed by atoms with E-state index in [2.05, 4.69) is 17.7 Å². The molecule has 1 aliphatic heterocycles. The first-order chi connectivity index (χ1) is 20.7. The van der Waals surface area contributed by atoms with E-state index in [1.54, 1.807) is 12.1 Å². The first-order valence-electron chi connectivity index (χ1n) is 13.4. The van der Waals surface area contributed by atoms with Crippen LogP contribution < -0.4 is 24.7 Å². The third-order valence-electron chi connectivity index (χ3n) is 6.66. The number of halogens is 5. The zero-order chi connectivity index (χ0) is 31.1. The predicted molar refractivity (Wildman–Crippen MR) is 144 cm³/mol. The smallest absolute Gasteiger partial charge is 0.349 e. The van der Waals surface area contributed by atoms with Crippen molar-refractivity contribution in [3.05, 3.63) is 94.1 Å². The number of benzene rings is 3. The molecule has 0 fully saturated rings. The number of nitrogens with two attached hydrogens (primary N) is 1. The summed E-state index contributed by atoms with van der Waals surface area (Å²) >= 11 is 0. The molecule has 0 saturated carbocycles. The van der Waals surface area contributed by atoms with E-state index in [0.29, 0.717) is 17.9 Å². The molecule has 0 aliphatic carbocycles. The van der Waals surface area contributed by atoms with Gasteiger partial charge in [-0.15, -0.1) is 0 Å². The highest BCUT2D eigenvalue weighted by atomic mass is 19.2. The summed E-state index contributed by atoms with van der Waals surface area (Å²) in [6.07, 6.45) is 5.57. The van der Waals surface area contributed by atoms with Crippen molar-refractivity contribution in [1.82, 2.24) is 0 Å². The van der Waals surface area contributed by atoms with E-state index in [0.717, 1.165) is 18.4 Å². The Kier molecular flexibility index (Phi) is 10.1. The number of ether oxygens (including phenoxy) is 4. The number of rotatable bonds is 12. The van der Waals surface area contributed by atoms with Crippen molar-refractivity contribution in [2.24, 2.45) is 5.73 Å². The fourth-order valence-electron chi connectivity index (χ4n) is 4.50. The van der Waals surface area contributed by atoms with E-state index in [1.807, 2.05) is 12.1 Å². The topological polar surface area (TPSA) is 104 Å². The van der Waals surface area contributed by atoms with Crippen molar-refractivity contribution in [3.8, 4) is 29.1 Å². The number of allylic oxidation sites excluding steroid dienone is 1. The molecule has 4 rings (SSSR count). The van der Waals surface area contributed by atoms with Crippen molar-refractivity contribution in [2.45, 2.75) is 44.9 Å². The molecule has 3 aromatic carbocycles. The van der Waals surface area contributed by atoms with Gasteiger partial charge < -0.3 is 24.7 Å². The zero-order valence-electron chi connectivity index (χ0n) is 23.0. The molecule has 226 valence electrons. The minimum absolute atomic E-state index is 0.0978. The summed E-state index contributed by atoms with van der Waals surface area (Å²) < 4.78 is 88.6. The third-order valence-corrected chi connectivity index (χ3v) is 6.66. The number of carbonyl (C=O) groups is 1. The maximum atomic E-state index is 13.8. The number of nitriles is 1. The van der Waals surface area contributed by atoms with E-state index < -0.39 is 53.3 Å². The summed E-state index contributed by atoms with van der Waals surface area (Å²) in [4.78, 5) is 12.3. The summed E-state index contributed by atoms with van der Waals surface area (Å²) in [5, 5.41) is 9.80. The highest BCUT2D eigenvalue weighted by molar-refractivity contribution is 5.74. The van der Waals surface area contributed by atoms with Crippen LogP contribution in [0.2, 0.25) is 0 Å². The van der Waals surface area contributed by atoms with Gasteiger partial charge >= 0.3 is 5.97 Å². The molecule has 1 unspecified atom stereocenters. The molecule has 2 N–H and O–H groups in total. The third kappa shape index (κ3) is 6.99. The Hall–Kier alpha value is -4.79. The van der Waals surface area contributed by atoms with E-state index in [1.165, 1.54) is 37.5 Å². The van der Waals surface area contributed by atoms with Crippen molar-refractivity contribution >= 4 is 5.97 Å². The SMILES string of the molecule is CCCCCCCOc1ccc(C2C(C#N)=C(N)Oc3cc(OC(=O)COc4c(F)c(F)c(F)c(F)c4F)ccc32)cc1. The van der Waals surface area contributed by atoms with Crippen molar-refractivity contribution in [3.63, 3.8) is 0 Å². The monoisotopic (exact) mass is 602 g/mol. The highest BCUT2D eigenvalue weighted by Crippen LogP contribution is 2.43. The van der Waals surface area contributed by atoms with Crippen LogP contribution in [-0.4, -0.2) is 19.2 Å². The van der Waals surface area contributed by atoms with E-state index in [4.69, 9.17) is 19.9 Å². The first-order valence-corrected chi connectivity index (χ1v) is 13.4. The van der Waals surface area contributed by atoms with Crippen LogP contribution in [0.5, 0.6) is 23.0 Å². The number of esters is 1. The lowest BCUT2D eigenvalue weighted by atomic mass is 9.83. The molecule has 0 saturated heterocycles. The highest BCUT2D eigenvalue weighted by Gasteiger charge is 2.31. The summed E-state index contributed by atoms with van der Waals surface area (Å²) in [6.45, 7) is 1.57. The Morgan fingerprint density at radius 1 is 0.884 bits per heavy atom. The molecule has 0 amide bonds. The van der Waals surface area contributed by atoms with Crippen LogP contribution in [0.25, 0.3) is 0 Å². The van der Waals surface area contributed by atoms with Crippen LogP contribution in [-0.2, 0) is 4.79 Å². The summed E-state index contributed by atoms with van der Waals surface area (Å²) in [6, 6.07) is 13.5. The molecular weight excluding hydrogens is 575 g/mol. The second-order valence-electron chi connectivity index (χ2n) is 9.62. The van der Waals surface area contributed by atoms with Crippen LogP contribution in [0.15, 0.2) is 53.9 Å². The summed E-state index contributed by atoms with van der Waals surface area (Å²) in [5.41, 5.74) is 7.45. The lowest BCUT2D eigenvalue weighted by Crippen LogP contribution is -2.22. The minimum Gasteiger partial charge on any atom is -0.494 e. The molecule has 0 radical (unpaired) electrons. The largest absolute Gasteiger partial charge is 0.494 e. The summed E-state index contributed by atoms with van der Waals surface area (Å²) in [7, 11) is 0. The number of hydrogen-bond acceptors (Lipinski definition) is 7. The van der Waals surface area contributed by atoms with Gasteiger partial charge in [-0.05, 0) is 30.2 Å². The van der Waals surface area contributed by atoms with Crippen LogP contribution in [0.3, 0.4) is 0 Å². The van der Waals surface area contributed by atoms with E-state index in [-0.39, 0.29) is 23.0 Å². The van der Waals surface area contributed by atoms with Gasteiger partial charge in [-0.2, -0.15) is 14.0 Å². The Morgan fingerprint density at radius 2 is 1.51 bits per heavy atom. The normalized spacial score (nSPS) is 14.0. The van der Waals surface area contributed by atoms with Gasteiger partial charge in [0.1, 0.15) is 28.9 Å². The lowest BCUT2D eigenvalue weighted by molar-refractivity contribution is -0.136. The molecule has 0 aromatic heterocycles. The molecule has 3 aromatic rings. The molecule has 0 bridgehead atoms. The lowest BCUT2D eigenvalue weighted by Gasteiger charge is -2.26. The minimum atomic E-state index is -2.36. The Labute approximate surface area is 244 Å². The molecular formula is C31H27F5N2O5. The molecule has 1 atom stereocenters. The fourth-order valence-corrected chi connectivity index (χ4v) is 4.50. The molecule has 0 spiro atoms. The van der Waals surface area contributed by atoms with Gasteiger partial charge in [0.25, 0.3) is 0 Å².